The lowest BCUT2D eigenvalue weighted by Gasteiger charge is -2.03. The summed E-state index contributed by atoms with van der Waals surface area (Å²) in [4.78, 5) is 3.92. The second-order valence-electron chi connectivity index (χ2n) is 3.64. The normalized spacial score (nSPS) is 10.9. The van der Waals surface area contributed by atoms with Crippen LogP contribution in [0.4, 0.5) is 0 Å². The van der Waals surface area contributed by atoms with Crippen LogP contribution >= 0.6 is 11.6 Å². The quantitative estimate of drug-likeness (QED) is 0.671. The van der Waals surface area contributed by atoms with E-state index in [1.54, 1.807) is 35.3 Å². The third-order valence-electron chi connectivity index (χ3n) is 2.51. The number of aromatic hydroxyl groups is 1. The zero-order valence-electron chi connectivity index (χ0n) is 8.71. The molecule has 1 aromatic carbocycles. The Morgan fingerprint density at radius 1 is 1.18 bits per heavy atom. The molecule has 4 nitrogen and oxygen atoms in total. The molecule has 0 saturated heterocycles. The molecular formula is C12H8ClN3O. The average molecular weight is 246 g/mol. The van der Waals surface area contributed by atoms with Crippen molar-refractivity contribution in [2.75, 3.05) is 0 Å². The van der Waals surface area contributed by atoms with Crippen molar-refractivity contribution in [1.82, 2.24) is 14.8 Å². The van der Waals surface area contributed by atoms with Crippen molar-refractivity contribution in [3.8, 4) is 11.4 Å². The standard InChI is InChI=1S/C12H8ClN3O/c13-12-5-9(3-4-14-12)16-11-6-10(17)2-1-8(11)7-15-16/h1-7,17H. The summed E-state index contributed by atoms with van der Waals surface area (Å²) >= 11 is 5.84. The minimum atomic E-state index is 0.208. The first-order valence-electron chi connectivity index (χ1n) is 5.03. The fourth-order valence-electron chi connectivity index (χ4n) is 1.74. The lowest BCUT2D eigenvalue weighted by molar-refractivity contribution is 0.476. The molecule has 0 spiro atoms. The summed E-state index contributed by atoms with van der Waals surface area (Å²) in [5.74, 6) is 0.208. The van der Waals surface area contributed by atoms with Crippen LogP contribution in [0.2, 0.25) is 5.15 Å². The first-order chi connectivity index (χ1) is 8.24. The molecule has 2 heterocycles. The van der Waals surface area contributed by atoms with E-state index in [1.807, 2.05) is 12.1 Å². The maximum atomic E-state index is 9.50. The molecule has 3 aromatic rings. The molecule has 0 fully saturated rings. The second-order valence-corrected chi connectivity index (χ2v) is 4.02. The largest absolute Gasteiger partial charge is 0.508 e. The van der Waals surface area contributed by atoms with E-state index >= 15 is 0 Å². The van der Waals surface area contributed by atoms with Gasteiger partial charge in [0.15, 0.2) is 0 Å². The molecule has 84 valence electrons. The number of halogens is 1. The Hall–Kier alpha value is -2.07. The first-order valence-corrected chi connectivity index (χ1v) is 5.40. The van der Waals surface area contributed by atoms with Crippen molar-refractivity contribution < 1.29 is 5.11 Å². The highest BCUT2D eigenvalue weighted by molar-refractivity contribution is 6.29. The molecule has 5 heteroatoms. The van der Waals surface area contributed by atoms with Gasteiger partial charge in [0, 0.05) is 23.7 Å². The van der Waals surface area contributed by atoms with Crippen LogP contribution in [0.1, 0.15) is 0 Å². The third kappa shape index (κ3) is 1.72. The van der Waals surface area contributed by atoms with Gasteiger partial charge in [-0.2, -0.15) is 5.10 Å². The molecule has 0 atom stereocenters. The number of benzene rings is 1. The van der Waals surface area contributed by atoms with E-state index in [4.69, 9.17) is 11.6 Å². The summed E-state index contributed by atoms with van der Waals surface area (Å²) in [6.07, 6.45) is 3.36. The van der Waals surface area contributed by atoms with Crippen molar-refractivity contribution in [3.63, 3.8) is 0 Å². The summed E-state index contributed by atoms with van der Waals surface area (Å²) in [7, 11) is 0. The van der Waals surface area contributed by atoms with Crippen LogP contribution in [0.3, 0.4) is 0 Å². The van der Waals surface area contributed by atoms with Crippen LogP contribution in [-0.4, -0.2) is 19.9 Å². The number of aromatic nitrogens is 3. The summed E-state index contributed by atoms with van der Waals surface area (Å²) in [6.45, 7) is 0. The van der Waals surface area contributed by atoms with E-state index in [0.29, 0.717) is 5.15 Å². The van der Waals surface area contributed by atoms with Gasteiger partial charge < -0.3 is 5.11 Å². The number of hydrogen-bond donors (Lipinski definition) is 1. The van der Waals surface area contributed by atoms with Crippen LogP contribution in [-0.2, 0) is 0 Å². The van der Waals surface area contributed by atoms with E-state index in [1.165, 1.54) is 0 Å². The lowest BCUT2D eigenvalue weighted by Crippen LogP contribution is -1.96. The molecule has 0 aliphatic carbocycles. The van der Waals surface area contributed by atoms with Gasteiger partial charge >= 0.3 is 0 Å². The zero-order chi connectivity index (χ0) is 11.8. The van der Waals surface area contributed by atoms with E-state index in [0.717, 1.165) is 16.6 Å². The minimum Gasteiger partial charge on any atom is -0.508 e. The smallest absolute Gasteiger partial charge is 0.131 e. The fourth-order valence-corrected chi connectivity index (χ4v) is 1.90. The molecule has 0 radical (unpaired) electrons. The lowest BCUT2D eigenvalue weighted by atomic mass is 10.2. The molecule has 0 aliphatic rings. The summed E-state index contributed by atoms with van der Waals surface area (Å²) in [5, 5.41) is 15.1. The van der Waals surface area contributed by atoms with E-state index in [2.05, 4.69) is 10.1 Å². The molecule has 3 rings (SSSR count). The third-order valence-corrected chi connectivity index (χ3v) is 2.72. The predicted molar refractivity (Wildman–Crippen MR) is 65.5 cm³/mol. The van der Waals surface area contributed by atoms with E-state index < -0.39 is 0 Å². The molecule has 0 aliphatic heterocycles. The van der Waals surface area contributed by atoms with Gasteiger partial charge in [-0.3, -0.25) is 0 Å². The summed E-state index contributed by atoms with van der Waals surface area (Å²) in [5.41, 5.74) is 1.64. The van der Waals surface area contributed by atoms with Gasteiger partial charge in [-0.1, -0.05) is 11.6 Å². The average Bonchev–Trinajstić information content (AvgIpc) is 2.71. The maximum Gasteiger partial charge on any atom is 0.131 e. The fraction of sp³-hybridized carbons (Fsp3) is 0. The predicted octanol–water partition coefficient (Wildman–Crippen LogP) is 2.78. The van der Waals surface area contributed by atoms with Crippen molar-refractivity contribution in [1.29, 1.82) is 0 Å². The maximum absolute atomic E-state index is 9.50. The molecule has 0 bridgehead atoms. The Labute approximate surface area is 102 Å². The highest BCUT2D eigenvalue weighted by atomic mass is 35.5. The van der Waals surface area contributed by atoms with E-state index in [-0.39, 0.29) is 5.75 Å². The Morgan fingerprint density at radius 2 is 2.06 bits per heavy atom. The van der Waals surface area contributed by atoms with Crippen molar-refractivity contribution in [2.24, 2.45) is 0 Å². The second kappa shape index (κ2) is 3.75. The number of rotatable bonds is 1. The van der Waals surface area contributed by atoms with Crippen LogP contribution in [0, 0.1) is 0 Å². The van der Waals surface area contributed by atoms with Gasteiger partial charge in [-0.25, -0.2) is 9.67 Å². The molecule has 0 amide bonds. The monoisotopic (exact) mass is 245 g/mol. The molecule has 1 N–H and O–H groups in total. The van der Waals surface area contributed by atoms with Crippen LogP contribution in [0.25, 0.3) is 16.6 Å². The number of phenols is 1. The van der Waals surface area contributed by atoms with Gasteiger partial charge in [0.1, 0.15) is 10.9 Å². The van der Waals surface area contributed by atoms with Gasteiger partial charge in [0.2, 0.25) is 0 Å². The Morgan fingerprint density at radius 3 is 2.88 bits per heavy atom. The molecular weight excluding hydrogens is 238 g/mol. The zero-order valence-corrected chi connectivity index (χ0v) is 9.46. The highest BCUT2D eigenvalue weighted by Crippen LogP contribution is 2.23. The number of pyridine rings is 1. The number of phenolic OH excluding ortho intramolecular Hbond substituents is 1. The summed E-state index contributed by atoms with van der Waals surface area (Å²) < 4.78 is 1.71. The van der Waals surface area contributed by atoms with Crippen molar-refractivity contribution >= 4 is 22.5 Å². The van der Waals surface area contributed by atoms with Crippen LogP contribution in [0.5, 0.6) is 5.75 Å². The minimum absolute atomic E-state index is 0.208. The SMILES string of the molecule is Oc1ccc2cnn(-c3ccnc(Cl)c3)c2c1. The van der Waals surface area contributed by atoms with Gasteiger partial charge in [0.05, 0.1) is 17.4 Å². The van der Waals surface area contributed by atoms with Gasteiger partial charge in [-0.15, -0.1) is 0 Å². The first kappa shape index (κ1) is 10.1. The number of nitrogens with zero attached hydrogens (tertiary/aromatic N) is 3. The summed E-state index contributed by atoms with van der Waals surface area (Å²) in [6, 6.07) is 8.64. The van der Waals surface area contributed by atoms with Gasteiger partial charge in [0.25, 0.3) is 0 Å². The number of hydrogen-bond acceptors (Lipinski definition) is 3. The van der Waals surface area contributed by atoms with E-state index in [9.17, 15) is 5.11 Å². The topological polar surface area (TPSA) is 50.9 Å². The molecule has 0 saturated carbocycles. The molecule has 2 aromatic heterocycles. The molecule has 17 heavy (non-hydrogen) atoms. The van der Waals surface area contributed by atoms with Crippen LogP contribution in [0.15, 0.2) is 42.7 Å². The van der Waals surface area contributed by atoms with Gasteiger partial charge in [-0.05, 0) is 18.2 Å². The Bertz CT molecular complexity index is 693. The Kier molecular flexibility index (Phi) is 2.23. The Balaban J connectivity index is 2.27. The van der Waals surface area contributed by atoms with Crippen LogP contribution < -0.4 is 0 Å². The number of fused-ring (bicyclic) bond motifs is 1. The highest BCUT2D eigenvalue weighted by Gasteiger charge is 2.06. The van der Waals surface area contributed by atoms with Crippen molar-refractivity contribution in [2.45, 2.75) is 0 Å². The van der Waals surface area contributed by atoms with Crippen molar-refractivity contribution in [3.05, 3.63) is 47.9 Å². The molecule has 0 unspecified atom stereocenters.